The van der Waals surface area contributed by atoms with Crippen molar-refractivity contribution < 1.29 is 14.7 Å². The van der Waals surface area contributed by atoms with Gasteiger partial charge in [0, 0.05) is 12.1 Å². The predicted molar refractivity (Wildman–Crippen MR) is 86.7 cm³/mol. The maximum Gasteiger partial charge on any atom is 0.315 e. The first-order valence-corrected chi connectivity index (χ1v) is 9.07. The number of urea groups is 1. The van der Waals surface area contributed by atoms with Crippen molar-refractivity contribution in [3.63, 3.8) is 0 Å². The largest absolute Gasteiger partial charge is 0.481 e. The standard InChI is InChI=1S/C15H28N2O3S/c1-3-21-10-9-11(2)16-15(20)17-13-8-6-4-5-7-12(13)14(18)19/h11-13H,3-10H2,1-2H3,(H,18,19)(H2,16,17,20). The molecule has 21 heavy (non-hydrogen) atoms. The van der Waals surface area contributed by atoms with Crippen LogP contribution in [-0.2, 0) is 4.79 Å². The molecule has 1 aliphatic rings. The average molecular weight is 316 g/mol. The van der Waals surface area contributed by atoms with Gasteiger partial charge in [0.15, 0.2) is 0 Å². The molecular weight excluding hydrogens is 288 g/mol. The second-order valence-electron chi connectivity index (χ2n) is 5.69. The van der Waals surface area contributed by atoms with Crippen molar-refractivity contribution in [2.75, 3.05) is 11.5 Å². The molecule has 3 atom stereocenters. The molecule has 5 nitrogen and oxygen atoms in total. The van der Waals surface area contributed by atoms with E-state index >= 15 is 0 Å². The van der Waals surface area contributed by atoms with Gasteiger partial charge in [-0.25, -0.2) is 4.79 Å². The van der Waals surface area contributed by atoms with E-state index in [4.69, 9.17) is 0 Å². The van der Waals surface area contributed by atoms with Crippen LogP contribution in [0.15, 0.2) is 0 Å². The summed E-state index contributed by atoms with van der Waals surface area (Å²) in [5.41, 5.74) is 0. The Hall–Kier alpha value is -0.910. The molecule has 0 saturated heterocycles. The fraction of sp³-hybridized carbons (Fsp3) is 0.867. The fourth-order valence-electron chi connectivity index (χ4n) is 2.69. The zero-order chi connectivity index (χ0) is 15.7. The molecule has 0 aromatic carbocycles. The molecule has 0 aliphatic heterocycles. The zero-order valence-electron chi connectivity index (χ0n) is 13.1. The highest BCUT2D eigenvalue weighted by molar-refractivity contribution is 7.99. The molecule has 6 heteroatoms. The molecular formula is C15H28N2O3S. The normalized spacial score (nSPS) is 23.9. The molecule has 1 saturated carbocycles. The molecule has 3 N–H and O–H groups in total. The number of aliphatic carboxylic acids is 1. The lowest BCUT2D eigenvalue weighted by atomic mass is 9.95. The van der Waals surface area contributed by atoms with Gasteiger partial charge in [0.2, 0.25) is 0 Å². The van der Waals surface area contributed by atoms with Crippen LogP contribution in [0.5, 0.6) is 0 Å². The Morgan fingerprint density at radius 3 is 2.67 bits per heavy atom. The summed E-state index contributed by atoms with van der Waals surface area (Å²) in [6.45, 7) is 4.10. The highest BCUT2D eigenvalue weighted by atomic mass is 32.2. The van der Waals surface area contributed by atoms with Gasteiger partial charge in [0.1, 0.15) is 0 Å². The van der Waals surface area contributed by atoms with Crippen molar-refractivity contribution in [3.05, 3.63) is 0 Å². The molecule has 1 fully saturated rings. The quantitative estimate of drug-likeness (QED) is 0.498. The van der Waals surface area contributed by atoms with Crippen LogP contribution >= 0.6 is 11.8 Å². The molecule has 1 aliphatic carbocycles. The van der Waals surface area contributed by atoms with Gasteiger partial charge in [-0.05, 0) is 37.7 Å². The van der Waals surface area contributed by atoms with Crippen LogP contribution in [0.2, 0.25) is 0 Å². The molecule has 1 rings (SSSR count). The second-order valence-corrected chi connectivity index (χ2v) is 7.09. The molecule has 0 aromatic rings. The Labute approximate surface area is 131 Å². The highest BCUT2D eigenvalue weighted by Crippen LogP contribution is 2.23. The van der Waals surface area contributed by atoms with Gasteiger partial charge in [0.05, 0.1) is 5.92 Å². The number of amides is 2. The van der Waals surface area contributed by atoms with Crippen molar-refractivity contribution in [2.45, 2.75) is 64.5 Å². The lowest BCUT2D eigenvalue weighted by molar-refractivity contribution is -0.142. The van der Waals surface area contributed by atoms with Crippen molar-refractivity contribution in [1.82, 2.24) is 10.6 Å². The van der Waals surface area contributed by atoms with Crippen molar-refractivity contribution in [2.24, 2.45) is 5.92 Å². The Balaban J connectivity index is 2.41. The van der Waals surface area contributed by atoms with E-state index in [0.29, 0.717) is 6.42 Å². The van der Waals surface area contributed by atoms with Gasteiger partial charge in [0.25, 0.3) is 0 Å². The average Bonchev–Trinajstić information content (AvgIpc) is 2.64. The van der Waals surface area contributed by atoms with Gasteiger partial charge in [-0.1, -0.05) is 26.2 Å². The molecule has 0 bridgehead atoms. The predicted octanol–water partition coefficient (Wildman–Crippen LogP) is 2.85. The van der Waals surface area contributed by atoms with Crippen molar-refractivity contribution >= 4 is 23.8 Å². The third-order valence-electron chi connectivity index (χ3n) is 3.93. The topological polar surface area (TPSA) is 78.4 Å². The molecule has 0 heterocycles. The number of carboxylic acid groups (broad SMARTS) is 1. The maximum absolute atomic E-state index is 12.0. The van der Waals surface area contributed by atoms with Crippen LogP contribution in [0, 0.1) is 5.92 Å². The molecule has 0 aromatic heterocycles. The van der Waals surface area contributed by atoms with Crippen LogP contribution < -0.4 is 10.6 Å². The molecule has 122 valence electrons. The fourth-order valence-corrected chi connectivity index (χ4v) is 3.50. The lowest BCUT2D eigenvalue weighted by Crippen LogP contribution is -2.49. The Kier molecular flexibility index (Phi) is 8.57. The number of carbonyl (C=O) groups excluding carboxylic acids is 1. The van der Waals surface area contributed by atoms with E-state index in [0.717, 1.165) is 43.6 Å². The summed E-state index contributed by atoms with van der Waals surface area (Å²) < 4.78 is 0. The van der Waals surface area contributed by atoms with E-state index in [9.17, 15) is 14.7 Å². The van der Waals surface area contributed by atoms with Crippen molar-refractivity contribution in [3.8, 4) is 0 Å². The zero-order valence-corrected chi connectivity index (χ0v) is 13.9. The summed E-state index contributed by atoms with van der Waals surface area (Å²) in [4.78, 5) is 23.3. The van der Waals surface area contributed by atoms with Crippen LogP contribution in [0.4, 0.5) is 4.79 Å². The Morgan fingerprint density at radius 1 is 1.29 bits per heavy atom. The smallest absolute Gasteiger partial charge is 0.315 e. The van der Waals surface area contributed by atoms with E-state index in [1.54, 1.807) is 0 Å². The first kappa shape index (κ1) is 18.1. The molecule has 3 unspecified atom stereocenters. The van der Waals surface area contributed by atoms with Crippen LogP contribution in [0.3, 0.4) is 0 Å². The van der Waals surface area contributed by atoms with Crippen LogP contribution in [0.25, 0.3) is 0 Å². The van der Waals surface area contributed by atoms with Gasteiger partial charge in [-0.3, -0.25) is 4.79 Å². The Morgan fingerprint density at radius 2 is 2.00 bits per heavy atom. The number of thioether (sulfide) groups is 1. The summed E-state index contributed by atoms with van der Waals surface area (Å²) in [5, 5.41) is 15.1. The van der Waals surface area contributed by atoms with Crippen LogP contribution in [0.1, 0.15) is 52.4 Å². The number of hydrogen-bond acceptors (Lipinski definition) is 3. The Bertz CT molecular complexity index is 339. The van der Waals surface area contributed by atoms with Crippen molar-refractivity contribution in [1.29, 1.82) is 0 Å². The summed E-state index contributed by atoms with van der Waals surface area (Å²) in [5.74, 6) is 0.860. The maximum atomic E-state index is 12.0. The van der Waals surface area contributed by atoms with Crippen LogP contribution in [-0.4, -0.2) is 40.7 Å². The van der Waals surface area contributed by atoms with E-state index in [1.807, 2.05) is 18.7 Å². The van der Waals surface area contributed by atoms with Gasteiger partial charge >= 0.3 is 12.0 Å². The van der Waals surface area contributed by atoms with Gasteiger partial charge < -0.3 is 15.7 Å². The van der Waals surface area contributed by atoms with E-state index in [1.165, 1.54) is 0 Å². The molecule has 2 amide bonds. The number of nitrogens with one attached hydrogen (secondary N) is 2. The minimum atomic E-state index is -0.797. The number of rotatable bonds is 7. The second kappa shape index (κ2) is 9.92. The monoisotopic (exact) mass is 316 g/mol. The first-order valence-electron chi connectivity index (χ1n) is 7.92. The summed E-state index contributed by atoms with van der Waals surface area (Å²) in [7, 11) is 0. The number of carbonyl (C=O) groups is 2. The number of carboxylic acids is 1. The third kappa shape index (κ3) is 7.07. The summed E-state index contributed by atoms with van der Waals surface area (Å²) in [6.07, 6.45) is 5.30. The minimum Gasteiger partial charge on any atom is -0.481 e. The lowest BCUT2D eigenvalue weighted by Gasteiger charge is -2.24. The molecule has 0 radical (unpaired) electrons. The minimum absolute atomic E-state index is 0.109. The van der Waals surface area contributed by atoms with E-state index < -0.39 is 11.9 Å². The summed E-state index contributed by atoms with van der Waals surface area (Å²) in [6, 6.07) is -0.373. The third-order valence-corrected chi connectivity index (χ3v) is 4.86. The SMILES string of the molecule is CCSCCC(C)NC(=O)NC1CCCCCC1C(=O)O. The van der Waals surface area contributed by atoms with E-state index in [-0.39, 0.29) is 18.1 Å². The van der Waals surface area contributed by atoms with Gasteiger partial charge in [-0.2, -0.15) is 11.8 Å². The highest BCUT2D eigenvalue weighted by Gasteiger charge is 2.30. The van der Waals surface area contributed by atoms with E-state index in [2.05, 4.69) is 17.6 Å². The number of hydrogen-bond donors (Lipinski definition) is 3. The summed E-state index contributed by atoms with van der Waals surface area (Å²) >= 11 is 1.86. The first-order chi connectivity index (χ1) is 10.0. The molecule has 0 spiro atoms. The van der Waals surface area contributed by atoms with Gasteiger partial charge in [-0.15, -0.1) is 0 Å².